The SMILES string of the molecule is CCCCCCCCCCCCC/C=C/C=C/C(=O)OCC(COP(=O)(O)OC1C(OC2OC(CO)C(O)C(O)C2O)C(O)C(O)C(O)C1OC1OC(COC(=O)CCCCCCCCCCCCC)C(O)C(O)C1O)OC(=O)CCCCCCCCCCCCCC. The molecule has 1 saturated carbocycles. The van der Waals surface area contributed by atoms with Gasteiger partial charge in [-0.25, -0.2) is 9.36 Å². The highest BCUT2D eigenvalue weighted by molar-refractivity contribution is 7.47. The second-order valence-electron chi connectivity index (χ2n) is 25.7. The molecule has 18 atom stereocenters. The standard InChI is InChI=1S/C68H123O24P/c1-4-7-10-13-16-19-22-24-25-26-29-31-33-36-39-42-52(70)84-46-49(87-54(72)44-41-38-35-32-28-23-20-17-14-11-8-5-2)47-86-93(82,83)92-66-64(90-67-62(80)57(75)55(73)50(45-69)88-67)60(78)59(77)61(79)65(66)91-68-63(81)58(76)56(74)51(89-68)48-85-53(71)43-40-37-34-30-27-21-18-15-12-9-6-3/h33,36,39,42,49-51,55-69,73-81H,4-32,34-35,37-38,40-41,43-48H2,1-3H3,(H,82,83)/b36-33+,42-39+. The molecule has 0 bridgehead atoms. The molecule has 0 spiro atoms. The lowest BCUT2D eigenvalue weighted by molar-refractivity contribution is -0.360. The highest BCUT2D eigenvalue weighted by Crippen LogP contribution is 2.49. The number of unbranched alkanes of at least 4 members (excludes halogenated alkanes) is 32. The summed E-state index contributed by atoms with van der Waals surface area (Å²) in [6, 6.07) is 0. The lowest BCUT2D eigenvalue weighted by Gasteiger charge is -2.49. The molecule has 1 aliphatic carbocycles. The molecule has 2 heterocycles. The van der Waals surface area contributed by atoms with E-state index in [9.17, 15) is 74.9 Å². The van der Waals surface area contributed by atoms with Crippen LogP contribution in [0.25, 0.3) is 0 Å². The van der Waals surface area contributed by atoms with Crippen LogP contribution in [-0.2, 0) is 61.2 Å². The summed E-state index contributed by atoms with van der Waals surface area (Å²) in [5.41, 5.74) is 0. The van der Waals surface area contributed by atoms with Gasteiger partial charge in [-0.2, -0.15) is 0 Å². The Morgan fingerprint density at radius 1 is 0.441 bits per heavy atom. The monoisotopic (exact) mass is 1350 g/mol. The van der Waals surface area contributed by atoms with E-state index in [-0.39, 0.29) is 12.8 Å². The van der Waals surface area contributed by atoms with E-state index in [0.29, 0.717) is 12.8 Å². The molecule has 2 saturated heterocycles. The van der Waals surface area contributed by atoms with Crippen LogP contribution in [0.2, 0.25) is 0 Å². The number of allylic oxidation sites excluding steroid dienone is 3. The number of aliphatic hydroxyl groups is 10. The molecule has 0 aromatic heterocycles. The van der Waals surface area contributed by atoms with E-state index in [2.05, 4.69) is 20.8 Å². The molecule has 0 radical (unpaired) electrons. The third-order valence-electron chi connectivity index (χ3n) is 17.6. The molecule has 11 N–H and O–H groups in total. The fraction of sp³-hybridized carbons (Fsp3) is 0.897. The van der Waals surface area contributed by atoms with Crippen molar-refractivity contribution in [1.29, 1.82) is 0 Å². The Bertz CT molecular complexity index is 2040. The fourth-order valence-electron chi connectivity index (χ4n) is 11.7. The molecule has 3 aliphatic rings. The molecule has 93 heavy (non-hydrogen) atoms. The molecular weight excluding hydrogens is 1230 g/mol. The first-order valence-corrected chi connectivity index (χ1v) is 37.2. The van der Waals surface area contributed by atoms with Crippen molar-refractivity contribution in [3.63, 3.8) is 0 Å². The van der Waals surface area contributed by atoms with Gasteiger partial charge in [0.05, 0.1) is 13.2 Å². The minimum absolute atomic E-state index is 0.0279. The van der Waals surface area contributed by atoms with Crippen LogP contribution in [0.5, 0.6) is 0 Å². The Morgan fingerprint density at radius 3 is 1.27 bits per heavy atom. The molecule has 0 amide bonds. The number of aliphatic hydroxyl groups excluding tert-OH is 10. The minimum atomic E-state index is -5.71. The fourth-order valence-corrected chi connectivity index (χ4v) is 12.7. The molecule has 0 aromatic rings. The van der Waals surface area contributed by atoms with Crippen molar-refractivity contribution in [3.8, 4) is 0 Å². The first-order valence-electron chi connectivity index (χ1n) is 35.7. The number of carbonyl (C=O) groups excluding carboxylic acids is 3. The summed E-state index contributed by atoms with van der Waals surface area (Å²) in [7, 11) is -5.71. The lowest BCUT2D eigenvalue weighted by atomic mass is 9.84. The summed E-state index contributed by atoms with van der Waals surface area (Å²) in [5.74, 6) is -2.24. The van der Waals surface area contributed by atoms with E-state index in [1.807, 2.05) is 6.08 Å². The van der Waals surface area contributed by atoms with Crippen molar-refractivity contribution < 1.29 is 117 Å². The lowest BCUT2D eigenvalue weighted by Crippen LogP contribution is -2.69. The summed E-state index contributed by atoms with van der Waals surface area (Å²) in [5, 5.41) is 110. The van der Waals surface area contributed by atoms with Crippen LogP contribution in [0.4, 0.5) is 0 Å². The van der Waals surface area contributed by atoms with Crippen LogP contribution in [0.3, 0.4) is 0 Å². The van der Waals surface area contributed by atoms with Crippen LogP contribution >= 0.6 is 7.82 Å². The maximum absolute atomic E-state index is 14.3. The number of hydrogen-bond acceptors (Lipinski definition) is 23. The van der Waals surface area contributed by atoms with Crippen LogP contribution < -0.4 is 0 Å². The average molecular weight is 1360 g/mol. The molecule has 3 rings (SSSR count). The van der Waals surface area contributed by atoms with Gasteiger partial charge in [0, 0.05) is 18.9 Å². The van der Waals surface area contributed by atoms with E-state index in [4.69, 9.17) is 42.2 Å². The maximum atomic E-state index is 14.3. The zero-order valence-electron chi connectivity index (χ0n) is 56.3. The third-order valence-corrected chi connectivity index (χ3v) is 18.6. The third kappa shape index (κ3) is 34.7. The minimum Gasteiger partial charge on any atom is -0.463 e. The van der Waals surface area contributed by atoms with E-state index in [0.717, 1.165) is 96.0 Å². The summed E-state index contributed by atoms with van der Waals surface area (Å²) in [6.07, 6.45) is 9.20. The zero-order chi connectivity index (χ0) is 68.2. The molecule has 24 nitrogen and oxygen atoms in total. The highest BCUT2D eigenvalue weighted by Gasteiger charge is 2.58. The number of carbonyl (C=O) groups is 3. The summed E-state index contributed by atoms with van der Waals surface area (Å²) in [6.45, 7) is 3.29. The number of phosphoric ester groups is 1. The molecule has 25 heteroatoms. The molecule has 0 aromatic carbocycles. The van der Waals surface area contributed by atoms with Crippen molar-refractivity contribution in [1.82, 2.24) is 0 Å². The van der Waals surface area contributed by atoms with Gasteiger partial charge < -0.3 is 89.1 Å². The highest BCUT2D eigenvalue weighted by atomic mass is 31.2. The summed E-state index contributed by atoms with van der Waals surface area (Å²) in [4.78, 5) is 50.7. The number of hydrogen-bond donors (Lipinski definition) is 11. The topological polar surface area (TPSA) is 374 Å². The van der Waals surface area contributed by atoms with Gasteiger partial charge in [-0.15, -0.1) is 0 Å². The Hall–Kier alpha value is -2.56. The molecule has 3 fully saturated rings. The van der Waals surface area contributed by atoms with Gasteiger partial charge >= 0.3 is 25.7 Å². The van der Waals surface area contributed by atoms with Crippen molar-refractivity contribution in [3.05, 3.63) is 24.3 Å². The van der Waals surface area contributed by atoms with Crippen LogP contribution in [0.1, 0.15) is 258 Å². The predicted molar refractivity (Wildman–Crippen MR) is 347 cm³/mol. The van der Waals surface area contributed by atoms with Gasteiger partial charge in [-0.05, 0) is 25.7 Å². The normalized spacial score (nSPS) is 28.6. The van der Waals surface area contributed by atoms with Gasteiger partial charge in [0.2, 0.25) is 0 Å². The number of rotatable bonds is 54. The number of ether oxygens (including phenoxy) is 7. The maximum Gasteiger partial charge on any atom is 0.472 e. The van der Waals surface area contributed by atoms with Crippen LogP contribution in [0.15, 0.2) is 24.3 Å². The average Bonchev–Trinajstić information content (AvgIpc) is 0.784. The Labute approximate surface area is 554 Å². The number of phosphoric acid groups is 1. The molecule has 18 unspecified atom stereocenters. The zero-order valence-corrected chi connectivity index (χ0v) is 57.2. The first-order chi connectivity index (χ1) is 44.8. The van der Waals surface area contributed by atoms with Crippen molar-refractivity contribution in [2.75, 3.05) is 26.4 Å². The number of esters is 3. The molecule has 2 aliphatic heterocycles. The van der Waals surface area contributed by atoms with Gasteiger partial charge in [0.1, 0.15) is 98.7 Å². The van der Waals surface area contributed by atoms with E-state index in [1.165, 1.54) is 128 Å². The van der Waals surface area contributed by atoms with Crippen LogP contribution in [-0.4, -0.2) is 204 Å². The van der Waals surface area contributed by atoms with Crippen molar-refractivity contribution >= 4 is 25.7 Å². The first kappa shape index (κ1) is 84.7. The smallest absolute Gasteiger partial charge is 0.463 e. The Kier molecular flexibility index (Phi) is 46.2. The summed E-state index contributed by atoms with van der Waals surface area (Å²) >= 11 is 0. The van der Waals surface area contributed by atoms with Gasteiger partial charge in [0.25, 0.3) is 0 Å². The van der Waals surface area contributed by atoms with E-state index >= 15 is 0 Å². The van der Waals surface area contributed by atoms with E-state index < -0.39 is 156 Å². The van der Waals surface area contributed by atoms with Gasteiger partial charge in [0.15, 0.2) is 18.7 Å². The quantitative estimate of drug-likeness (QED) is 0.00678. The Balaban J connectivity index is 1.78. The molecule has 544 valence electrons. The Morgan fingerprint density at radius 2 is 0.828 bits per heavy atom. The van der Waals surface area contributed by atoms with Gasteiger partial charge in [-0.3, -0.25) is 18.6 Å². The van der Waals surface area contributed by atoms with Crippen molar-refractivity contribution in [2.45, 2.75) is 362 Å². The second kappa shape index (κ2) is 50.7. The second-order valence-corrected chi connectivity index (χ2v) is 27.1. The van der Waals surface area contributed by atoms with Crippen molar-refractivity contribution in [2.24, 2.45) is 0 Å². The largest absolute Gasteiger partial charge is 0.472 e. The summed E-state index contributed by atoms with van der Waals surface area (Å²) < 4.78 is 64.6. The molecular formula is C68H123O24P. The van der Waals surface area contributed by atoms with E-state index in [1.54, 1.807) is 6.08 Å². The van der Waals surface area contributed by atoms with Crippen LogP contribution in [0, 0.1) is 0 Å². The van der Waals surface area contributed by atoms with Gasteiger partial charge in [-0.1, -0.05) is 238 Å². The predicted octanol–water partition coefficient (Wildman–Crippen LogP) is 8.57.